The van der Waals surface area contributed by atoms with Gasteiger partial charge in [-0.15, -0.1) is 0 Å². The van der Waals surface area contributed by atoms with Gasteiger partial charge < -0.3 is 15.1 Å². The van der Waals surface area contributed by atoms with E-state index in [4.69, 9.17) is 34.8 Å². The monoisotopic (exact) mass is 614 g/mol. The molecule has 3 atom stereocenters. The second-order valence-electron chi connectivity index (χ2n) is 10.7. The third kappa shape index (κ3) is 6.24. The smallest absolute Gasteiger partial charge is 0.246 e. The molecule has 212 valence electrons. The lowest BCUT2D eigenvalue weighted by molar-refractivity contribution is -0.168. The molecule has 0 aliphatic carbocycles. The Morgan fingerprint density at radius 1 is 0.923 bits per heavy atom. The lowest BCUT2D eigenvalue weighted by Gasteiger charge is -2.54. The van der Waals surface area contributed by atoms with E-state index in [9.17, 15) is 18.0 Å². The van der Waals surface area contributed by atoms with E-state index in [1.807, 2.05) is 39.8 Å². The summed E-state index contributed by atoms with van der Waals surface area (Å²) in [6.07, 6.45) is -0.697. The Morgan fingerprint density at radius 2 is 1.56 bits per heavy atom. The predicted octanol–water partition coefficient (Wildman–Crippen LogP) is 4.28. The Kier molecular flexibility index (Phi) is 9.20. The van der Waals surface area contributed by atoms with E-state index in [0.29, 0.717) is 16.6 Å². The highest BCUT2D eigenvalue weighted by Gasteiger charge is 2.54. The first kappa shape index (κ1) is 30.1. The molecular formula is C27H33Cl3N4O4S. The van der Waals surface area contributed by atoms with Gasteiger partial charge in [0.2, 0.25) is 21.8 Å². The summed E-state index contributed by atoms with van der Waals surface area (Å²) in [7, 11) is -4.19. The van der Waals surface area contributed by atoms with Crippen LogP contribution in [-0.2, 0) is 26.0 Å². The second-order valence-corrected chi connectivity index (χ2v) is 13.8. The zero-order chi connectivity index (χ0) is 28.6. The number of nitrogens with one attached hydrogen (secondary N) is 1. The Balaban J connectivity index is 1.83. The number of halogens is 3. The van der Waals surface area contributed by atoms with Crippen LogP contribution < -0.4 is 5.32 Å². The quantitative estimate of drug-likeness (QED) is 0.479. The SMILES string of the molecule is CC(C)CNC1CN(S(=O)(=O)c2ccc(Cl)cc2Cl)C2CN(C(C)C)C(=O)C(Cc3ccc(Cl)cc3)N2C1=O. The second kappa shape index (κ2) is 11.9. The largest absolute Gasteiger partial charge is 0.335 e. The van der Waals surface area contributed by atoms with Crippen LogP contribution in [0.4, 0.5) is 0 Å². The Labute approximate surface area is 245 Å². The summed E-state index contributed by atoms with van der Waals surface area (Å²) >= 11 is 18.5. The molecule has 2 heterocycles. The molecule has 2 fully saturated rings. The molecule has 12 heteroatoms. The summed E-state index contributed by atoms with van der Waals surface area (Å²) in [6.45, 7) is 8.19. The van der Waals surface area contributed by atoms with Gasteiger partial charge in [-0.05, 0) is 62.2 Å². The van der Waals surface area contributed by atoms with E-state index >= 15 is 0 Å². The van der Waals surface area contributed by atoms with Crippen molar-refractivity contribution in [3.63, 3.8) is 0 Å². The van der Waals surface area contributed by atoms with Crippen molar-refractivity contribution in [2.75, 3.05) is 19.6 Å². The fraction of sp³-hybridized carbons (Fsp3) is 0.481. The molecule has 0 radical (unpaired) electrons. The van der Waals surface area contributed by atoms with Crippen molar-refractivity contribution in [1.82, 2.24) is 19.4 Å². The van der Waals surface area contributed by atoms with Crippen molar-refractivity contribution in [1.29, 1.82) is 0 Å². The van der Waals surface area contributed by atoms with Gasteiger partial charge in [0.15, 0.2) is 0 Å². The number of rotatable bonds is 8. The minimum atomic E-state index is -4.19. The lowest BCUT2D eigenvalue weighted by Crippen LogP contribution is -2.76. The first-order valence-electron chi connectivity index (χ1n) is 12.9. The molecule has 2 aliphatic rings. The Morgan fingerprint density at radius 3 is 2.15 bits per heavy atom. The molecule has 2 aromatic carbocycles. The standard InChI is InChI=1S/C27H33Cl3N4O4S/c1-16(2)13-31-22-14-33(39(37,38)24-10-9-20(29)12-21(24)30)25-15-32(17(3)4)27(36)23(34(25)26(22)35)11-18-5-7-19(28)8-6-18/h5-10,12,16-17,22-23,25,31H,11,13-15H2,1-4H3. The van der Waals surface area contributed by atoms with Crippen molar-refractivity contribution in [3.05, 3.63) is 63.1 Å². The van der Waals surface area contributed by atoms with Crippen molar-refractivity contribution in [3.8, 4) is 0 Å². The van der Waals surface area contributed by atoms with Gasteiger partial charge >= 0.3 is 0 Å². The fourth-order valence-corrected chi connectivity index (χ4v) is 7.51. The van der Waals surface area contributed by atoms with Crippen molar-refractivity contribution in [2.24, 2.45) is 5.92 Å². The van der Waals surface area contributed by atoms with Gasteiger partial charge in [-0.3, -0.25) is 9.59 Å². The summed E-state index contributed by atoms with van der Waals surface area (Å²) in [5.74, 6) is -0.309. The summed E-state index contributed by atoms with van der Waals surface area (Å²) in [5.41, 5.74) is 0.808. The van der Waals surface area contributed by atoms with Crippen LogP contribution in [0.2, 0.25) is 15.1 Å². The van der Waals surface area contributed by atoms with Crippen LogP contribution in [-0.4, -0.2) is 78.3 Å². The fourth-order valence-electron chi connectivity index (χ4n) is 5.06. The van der Waals surface area contributed by atoms with Crippen LogP contribution in [0.5, 0.6) is 0 Å². The highest BCUT2D eigenvalue weighted by Crippen LogP contribution is 2.35. The molecule has 1 N–H and O–H groups in total. The van der Waals surface area contributed by atoms with Gasteiger partial charge in [-0.25, -0.2) is 8.42 Å². The van der Waals surface area contributed by atoms with Crippen molar-refractivity contribution >= 4 is 56.6 Å². The lowest BCUT2D eigenvalue weighted by atomic mass is 9.96. The maximum absolute atomic E-state index is 14.1. The van der Waals surface area contributed by atoms with Crippen molar-refractivity contribution in [2.45, 2.75) is 63.3 Å². The number of piperazine rings is 1. The van der Waals surface area contributed by atoms with E-state index in [0.717, 1.165) is 5.56 Å². The number of benzene rings is 2. The maximum atomic E-state index is 14.1. The number of carbonyl (C=O) groups is 2. The molecule has 8 nitrogen and oxygen atoms in total. The average Bonchev–Trinajstić information content (AvgIpc) is 2.85. The minimum absolute atomic E-state index is 0.0112. The molecule has 0 bridgehead atoms. The summed E-state index contributed by atoms with van der Waals surface area (Å²) in [5, 5.41) is 4.08. The van der Waals surface area contributed by atoms with E-state index in [1.165, 1.54) is 27.4 Å². The highest BCUT2D eigenvalue weighted by atomic mass is 35.5. The van der Waals surface area contributed by atoms with E-state index in [1.54, 1.807) is 17.0 Å². The number of hydrogen-bond acceptors (Lipinski definition) is 5. The van der Waals surface area contributed by atoms with Crippen molar-refractivity contribution < 1.29 is 18.0 Å². The Bertz CT molecular complexity index is 1340. The van der Waals surface area contributed by atoms with E-state index in [-0.39, 0.29) is 53.2 Å². The van der Waals surface area contributed by atoms with Crippen LogP contribution in [0, 0.1) is 5.92 Å². The van der Waals surface area contributed by atoms with Gasteiger partial charge in [-0.1, -0.05) is 60.8 Å². The third-order valence-electron chi connectivity index (χ3n) is 7.05. The number of amides is 2. The number of sulfonamides is 1. The maximum Gasteiger partial charge on any atom is 0.246 e. The number of nitrogens with zero attached hydrogens (tertiary/aromatic N) is 3. The van der Waals surface area contributed by atoms with Gasteiger partial charge in [0.05, 0.1) is 11.6 Å². The number of fused-ring (bicyclic) bond motifs is 1. The molecule has 0 saturated carbocycles. The topological polar surface area (TPSA) is 90.0 Å². The molecule has 4 rings (SSSR count). The third-order valence-corrected chi connectivity index (χ3v) is 9.88. The highest BCUT2D eigenvalue weighted by molar-refractivity contribution is 7.89. The van der Waals surface area contributed by atoms with E-state index < -0.39 is 28.3 Å². The molecule has 3 unspecified atom stereocenters. The first-order valence-corrected chi connectivity index (χ1v) is 15.5. The summed E-state index contributed by atoms with van der Waals surface area (Å²) in [4.78, 5) is 30.8. The van der Waals surface area contributed by atoms with Gasteiger partial charge in [-0.2, -0.15) is 4.31 Å². The van der Waals surface area contributed by atoms with Gasteiger partial charge in [0.25, 0.3) is 0 Å². The normalized spacial score (nSPS) is 22.6. The van der Waals surface area contributed by atoms with Crippen LogP contribution in [0.25, 0.3) is 0 Å². The zero-order valence-electron chi connectivity index (χ0n) is 22.3. The van der Waals surface area contributed by atoms with Crippen LogP contribution >= 0.6 is 34.8 Å². The molecule has 2 aromatic rings. The average molecular weight is 616 g/mol. The predicted molar refractivity (Wildman–Crippen MR) is 153 cm³/mol. The van der Waals surface area contributed by atoms with Crippen LogP contribution in [0.3, 0.4) is 0 Å². The van der Waals surface area contributed by atoms with E-state index in [2.05, 4.69) is 5.32 Å². The van der Waals surface area contributed by atoms with Crippen LogP contribution in [0.1, 0.15) is 33.3 Å². The molecule has 2 saturated heterocycles. The molecule has 0 aromatic heterocycles. The Hall–Kier alpha value is -1.88. The first-order chi connectivity index (χ1) is 18.3. The summed E-state index contributed by atoms with van der Waals surface area (Å²) < 4.78 is 29.6. The zero-order valence-corrected chi connectivity index (χ0v) is 25.4. The molecular weight excluding hydrogens is 583 g/mol. The molecule has 0 spiro atoms. The minimum Gasteiger partial charge on any atom is -0.335 e. The summed E-state index contributed by atoms with van der Waals surface area (Å²) in [6, 6.07) is 9.35. The van der Waals surface area contributed by atoms with Gasteiger partial charge in [0.1, 0.15) is 23.1 Å². The van der Waals surface area contributed by atoms with Crippen LogP contribution in [0.15, 0.2) is 47.4 Å². The number of hydrogen-bond donors (Lipinski definition) is 1. The number of carbonyl (C=O) groups excluding carboxylic acids is 2. The molecule has 2 amide bonds. The molecule has 2 aliphatic heterocycles. The van der Waals surface area contributed by atoms with Gasteiger partial charge in [0, 0.05) is 29.1 Å². The molecule has 39 heavy (non-hydrogen) atoms.